The summed E-state index contributed by atoms with van der Waals surface area (Å²) >= 11 is 0. The van der Waals surface area contributed by atoms with E-state index in [4.69, 9.17) is 9.15 Å². The van der Waals surface area contributed by atoms with Crippen LogP contribution in [0.2, 0.25) is 0 Å². The van der Waals surface area contributed by atoms with Crippen LogP contribution in [0, 0.1) is 5.82 Å². The van der Waals surface area contributed by atoms with Crippen molar-refractivity contribution in [2.75, 3.05) is 39.4 Å². The topological polar surface area (TPSA) is 37.6 Å². The van der Waals surface area contributed by atoms with Gasteiger partial charge in [-0.3, -0.25) is 4.90 Å². The average molecular weight is 340 g/mol. The van der Waals surface area contributed by atoms with Crippen LogP contribution in [-0.4, -0.2) is 44.3 Å². The van der Waals surface area contributed by atoms with E-state index < -0.39 is 0 Å². The zero-order valence-corrected chi connectivity index (χ0v) is 13.7. The van der Waals surface area contributed by atoms with Gasteiger partial charge in [0.15, 0.2) is 0 Å². The van der Waals surface area contributed by atoms with Crippen molar-refractivity contribution in [2.45, 2.75) is 6.54 Å². The molecular formula is C17H21ClFN2O2-. The fourth-order valence-corrected chi connectivity index (χ4v) is 2.55. The zero-order chi connectivity index (χ0) is 15.2. The molecule has 3 rings (SSSR count). The van der Waals surface area contributed by atoms with Crippen LogP contribution in [0.4, 0.5) is 4.39 Å². The van der Waals surface area contributed by atoms with Crippen LogP contribution in [0.5, 0.6) is 0 Å². The molecule has 2 heterocycles. The minimum absolute atomic E-state index is 0. The predicted molar refractivity (Wildman–Crippen MR) is 83.1 cm³/mol. The fourth-order valence-electron chi connectivity index (χ4n) is 2.55. The summed E-state index contributed by atoms with van der Waals surface area (Å²) in [5.74, 6) is 1.13. The lowest BCUT2D eigenvalue weighted by molar-refractivity contribution is -0.00000719. The van der Waals surface area contributed by atoms with Crippen molar-refractivity contribution in [1.29, 1.82) is 0 Å². The average Bonchev–Trinajstić information content (AvgIpc) is 3.02. The van der Waals surface area contributed by atoms with Gasteiger partial charge in [0, 0.05) is 26.2 Å². The molecule has 0 bridgehead atoms. The van der Waals surface area contributed by atoms with Gasteiger partial charge in [0.05, 0.1) is 25.3 Å². The lowest BCUT2D eigenvalue weighted by Gasteiger charge is -2.26. The molecule has 23 heavy (non-hydrogen) atoms. The van der Waals surface area contributed by atoms with Crippen LogP contribution in [0.25, 0.3) is 11.3 Å². The van der Waals surface area contributed by atoms with Gasteiger partial charge in [0.2, 0.25) is 0 Å². The van der Waals surface area contributed by atoms with Gasteiger partial charge in [-0.25, -0.2) is 4.39 Å². The Balaban J connectivity index is 0.00000192. The van der Waals surface area contributed by atoms with E-state index >= 15 is 0 Å². The van der Waals surface area contributed by atoms with Gasteiger partial charge in [-0.2, -0.15) is 0 Å². The van der Waals surface area contributed by atoms with E-state index in [1.807, 2.05) is 12.1 Å². The Hall–Kier alpha value is -1.40. The van der Waals surface area contributed by atoms with Crippen molar-refractivity contribution in [3.8, 4) is 11.3 Å². The van der Waals surface area contributed by atoms with Crippen LogP contribution in [0.3, 0.4) is 0 Å². The molecule has 0 unspecified atom stereocenters. The Morgan fingerprint density at radius 2 is 1.87 bits per heavy atom. The number of benzene rings is 1. The molecule has 0 spiro atoms. The van der Waals surface area contributed by atoms with Crippen LogP contribution in [0.1, 0.15) is 5.76 Å². The molecule has 0 saturated carbocycles. The largest absolute Gasteiger partial charge is 1.00 e. The number of hydrogen-bond donors (Lipinski definition) is 1. The highest BCUT2D eigenvalue weighted by molar-refractivity contribution is 5.58. The summed E-state index contributed by atoms with van der Waals surface area (Å²) in [6, 6.07) is 10.4. The maximum atomic E-state index is 13.7. The third-order valence-corrected chi connectivity index (χ3v) is 3.81. The van der Waals surface area contributed by atoms with Gasteiger partial charge in [-0.1, -0.05) is 12.1 Å². The molecule has 1 aliphatic rings. The van der Waals surface area contributed by atoms with Gasteiger partial charge in [0.1, 0.15) is 17.3 Å². The van der Waals surface area contributed by atoms with E-state index in [-0.39, 0.29) is 18.2 Å². The summed E-state index contributed by atoms with van der Waals surface area (Å²) in [6.07, 6.45) is 0. The van der Waals surface area contributed by atoms with Gasteiger partial charge in [0.25, 0.3) is 0 Å². The zero-order valence-electron chi connectivity index (χ0n) is 12.9. The van der Waals surface area contributed by atoms with Crippen molar-refractivity contribution in [1.82, 2.24) is 10.2 Å². The Morgan fingerprint density at radius 1 is 1.09 bits per heavy atom. The van der Waals surface area contributed by atoms with E-state index in [1.54, 1.807) is 18.2 Å². The number of ether oxygens (including phenoxy) is 1. The Bertz CT molecular complexity index is 600. The third kappa shape index (κ3) is 5.04. The maximum Gasteiger partial charge on any atom is 0.137 e. The molecule has 1 aromatic heterocycles. The monoisotopic (exact) mass is 339 g/mol. The normalized spacial score (nSPS) is 15.3. The molecule has 126 valence electrons. The lowest BCUT2D eigenvalue weighted by Crippen LogP contribution is -3.00. The molecular weight excluding hydrogens is 319 g/mol. The first kappa shape index (κ1) is 17.9. The summed E-state index contributed by atoms with van der Waals surface area (Å²) < 4.78 is 24.7. The molecule has 0 amide bonds. The molecule has 2 aromatic rings. The first-order valence-corrected chi connectivity index (χ1v) is 7.67. The third-order valence-electron chi connectivity index (χ3n) is 3.81. The van der Waals surface area contributed by atoms with Crippen LogP contribution in [-0.2, 0) is 11.3 Å². The molecule has 1 aliphatic heterocycles. The number of hydrogen-bond acceptors (Lipinski definition) is 4. The molecule has 1 saturated heterocycles. The molecule has 1 fully saturated rings. The van der Waals surface area contributed by atoms with E-state index in [0.29, 0.717) is 17.9 Å². The summed E-state index contributed by atoms with van der Waals surface area (Å²) in [6.45, 7) is 6.20. The number of nitrogens with zero attached hydrogens (tertiary/aromatic N) is 1. The number of furan rings is 1. The molecule has 0 aliphatic carbocycles. The quantitative estimate of drug-likeness (QED) is 0.721. The summed E-state index contributed by atoms with van der Waals surface area (Å²) in [4.78, 5) is 2.38. The van der Waals surface area contributed by atoms with E-state index in [1.165, 1.54) is 6.07 Å². The molecule has 0 radical (unpaired) electrons. The second kappa shape index (κ2) is 9.03. The summed E-state index contributed by atoms with van der Waals surface area (Å²) in [5.41, 5.74) is 0.502. The Kier molecular flexibility index (Phi) is 7.05. The molecule has 1 N–H and O–H groups in total. The maximum absolute atomic E-state index is 13.7. The summed E-state index contributed by atoms with van der Waals surface area (Å²) in [7, 11) is 0. The van der Waals surface area contributed by atoms with Crippen LogP contribution >= 0.6 is 0 Å². The predicted octanol–water partition coefficient (Wildman–Crippen LogP) is -0.488. The highest BCUT2D eigenvalue weighted by atomic mass is 35.5. The van der Waals surface area contributed by atoms with E-state index in [2.05, 4.69) is 10.2 Å². The summed E-state index contributed by atoms with van der Waals surface area (Å²) in [5, 5.41) is 3.36. The van der Waals surface area contributed by atoms with E-state index in [0.717, 1.165) is 45.2 Å². The minimum Gasteiger partial charge on any atom is -1.00 e. The second-order valence-corrected chi connectivity index (χ2v) is 5.38. The Morgan fingerprint density at radius 3 is 2.65 bits per heavy atom. The SMILES string of the molecule is Fc1ccccc1-c1ccc(CNCCN2CCOCC2)o1.[Cl-]. The number of rotatable bonds is 6. The van der Waals surface area contributed by atoms with Gasteiger partial charge in [-0.15, -0.1) is 0 Å². The number of nitrogens with one attached hydrogen (secondary N) is 1. The first-order valence-electron chi connectivity index (χ1n) is 7.67. The van der Waals surface area contributed by atoms with Crippen molar-refractivity contribution >= 4 is 0 Å². The lowest BCUT2D eigenvalue weighted by atomic mass is 10.1. The van der Waals surface area contributed by atoms with Crippen LogP contribution in [0.15, 0.2) is 40.8 Å². The van der Waals surface area contributed by atoms with Crippen molar-refractivity contribution in [3.63, 3.8) is 0 Å². The smallest absolute Gasteiger partial charge is 0.137 e. The number of halogens is 2. The molecule has 6 heteroatoms. The second-order valence-electron chi connectivity index (χ2n) is 5.38. The highest BCUT2D eigenvalue weighted by Crippen LogP contribution is 2.24. The standard InChI is InChI=1S/C17H21FN2O2.ClH/c18-16-4-2-1-3-15(16)17-6-5-14(22-17)13-19-7-8-20-9-11-21-12-10-20;/h1-6,19H,7-13H2;1H/p-1. The highest BCUT2D eigenvalue weighted by Gasteiger charge is 2.10. The molecule has 0 atom stereocenters. The van der Waals surface area contributed by atoms with Crippen molar-refractivity contribution in [3.05, 3.63) is 48.0 Å². The fraction of sp³-hybridized carbons (Fsp3) is 0.412. The van der Waals surface area contributed by atoms with Gasteiger partial charge in [-0.05, 0) is 24.3 Å². The molecule has 1 aromatic carbocycles. The Labute approximate surface area is 142 Å². The first-order chi connectivity index (χ1) is 10.8. The van der Waals surface area contributed by atoms with Crippen LogP contribution < -0.4 is 17.7 Å². The molecule has 4 nitrogen and oxygen atoms in total. The van der Waals surface area contributed by atoms with Crippen molar-refractivity contribution in [2.24, 2.45) is 0 Å². The van der Waals surface area contributed by atoms with E-state index in [9.17, 15) is 4.39 Å². The minimum atomic E-state index is -0.260. The van der Waals surface area contributed by atoms with Gasteiger partial charge < -0.3 is 26.9 Å². The van der Waals surface area contributed by atoms with Gasteiger partial charge >= 0.3 is 0 Å². The number of morpholine rings is 1. The van der Waals surface area contributed by atoms with Crippen molar-refractivity contribution < 1.29 is 26.0 Å².